The number of rotatable bonds is 6. The minimum absolute atomic E-state index is 0.0251. The summed E-state index contributed by atoms with van der Waals surface area (Å²) in [6.45, 7) is 9.14. The van der Waals surface area contributed by atoms with Crippen molar-refractivity contribution in [3.05, 3.63) is 0 Å². The van der Waals surface area contributed by atoms with Crippen molar-refractivity contribution in [2.75, 3.05) is 20.5 Å². The van der Waals surface area contributed by atoms with Gasteiger partial charge in [0.1, 0.15) is 12.9 Å². The standard InChI is InChI=1S/C16H26O2.C4H10O2/c1-4-16(2,3)15(17)18-14-9-10-8-13(14)12-7-5-6-11(10)12;1-3-6-4-5-2/h10-14H,4-9H2,1-3H3;3-4H2,1-2H3. The summed E-state index contributed by atoms with van der Waals surface area (Å²) in [5, 5.41) is 0. The van der Waals surface area contributed by atoms with Crippen LogP contribution in [0.4, 0.5) is 0 Å². The van der Waals surface area contributed by atoms with E-state index in [1.165, 1.54) is 25.7 Å². The zero-order valence-corrected chi connectivity index (χ0v) is 16.2. The first-order valence-electron chi connectivity index (χ1n) is 9.72. The van der Waals surface area contributed by atoms with Crippen molar-refractivity contribution in [1.29, 1.82) is 0 Å². The average Bonchev–Trinajstić information content (AvgIpc) is 3.26. The summed E-state index contributed by atoms with van der Waals surface area (Å²) in [7, 11) is 1.61. The molecule has 0 aromatic rings. The Morgan fingerprint density at radius 3 is 2.38 bits per heavy atom. The second kappa shape index (κ2) is 8.66. The van der Waals surface area contributed by atoms with Crippen LogP contribution in [0.15, 0.2) is 0 Å². The lowest BCUT2D eigenvalue weighted by Gasteiger charge is -2.33. The SMILES string of the molecule is CCC(C)(C)C(=O)OC1CC2CC1C1CCCC21.CCOCOC. The van der Waals surface area contributed by atoms with E-state index in [2.05, 4.69) is 11.7 Å². The predicted octanol–water partition coefficient (Wildman–Crippen LogP) is 4.42. The molecule has 140 valence electrons. The molecule has 0 radical (unpaired) electrons. The number of hydrogen-bond donors (Lipinski definition) is 0. The Balaban J connectivity index is 0.000000301. The number of carbonyl (C=O) groups is 1. The highest BCUT2D eigenvalue weighted by Gasteiger charge is 2.55. The molecule has 0 heterocycles. The van der Waals surface area contributed by atoms with Crippen molar-refractivity contribution < 1.29 is 19.0 Å². The van der Waals surface area contributed by atoms with Crippen LogP contribution >= 0.6 is 0 Å². The van der Waals surface area contributed by atoms with E-state index < -0.39 is 0 Å². The zero-order valence-electron chi connectivity index (χ0n) is 16.2. The summed E-state index contributed by atoms with van der Waals surface area (Å²) in [4.78, 5) is 12.2. The number of fused-ring (bicyclic) bond motifs is 5. The lowest BCUT2D eigenvalue weighted by Crippen LogP contribution is -2.36. The van der Waals surface area contributed by atoms with E-state index in [0.717, 1.165) is 37.2 Å². The van der Waals surface area contributed by atoms with Crippen molar-refractivity contribution in [2.45, 2.75) is 72.3 Å². The molecule has 4 heteroatoms. The van der Waals surface area contributed by atoms with E-state index in [0.29, 0.717) is 12.7 Å². The van der Waals surface area contributed by atoms with Gasteiger partial charge < -0.3 is 14.2 Å². The lowest BCUT2D eigenvalue weighted by atomic mass is 9.80. The number of methoxy groups -OCH3 is 1. The first kappa shape index (κ1) is 19.7. The van der Waals surface area contributed by atoms with E-state index >= 15 is 0 Å². The fourth-order valence-electron chi connectivity index (χ4n) is 4.75. The van der Waals surface area contributed by atoms with Gasteiger partial charge in [0, 0.05) is 13.7 Å². The molecule has 0 aromatic carbocycles. The molecule has 5 atom stereocenters. The highest BCUT2D eigenvalue weighted by Crippen LogP contribution is 2.59. The minimum atomic E-state index is -0.309. The van der Waals surface area contributed by atoms with Crippen LogP contribution in [0.1, 0.15) is 66.2 Å². The molecule has 0 N–H and O–H groups in total. The highest BCUT2D eigenvalue weighted by atomic mass is 16.7. The second-order valence-corrected chi connectivity index (χ2v) is 8.23. The Hall–Kier alpha value is -0.610. The molecule has 3 saturated carbocycles. The third-order valence-electron chi connectivity index (χ3n) is 6.47. The highest BCUT2D eigenvalue weighted by molar-refractivity contribution is 5.76. The molecule has 3 aliphatic carbocycles. The summed E-state index contributed by atoms with van der Waals surface area (Å²) in [5.74, 6) is 3.44. The molecule has 3 aliphatic rings. The summed E-state index contributed by atoms with van der Waals surface area (Å²) >= 11 is 0. The van der Waals surface area contributed by atoms with Crippen LogP contribution < -0.4 is 0 Å². The number of carbonyl (C=O) groups excluding carboxylic acids is 1. The van der Waals surface area contributed by atoms with Gasteiger partial charge in [-0.15, -0.1) is 0 Å². The van der Waals surface area contributed by atoms with Crippen LogP contribution in [0.2, 0.25) is 0 Å². The van der Waals surface area contributed by atoms with E-state index in [-0.39, 0.29) is 17.5 Å². The molecule has 0 aromatic heterocycles. The Morgan fingerprint density at radius 2 is 1.79 bits per heavy atom. The first-order chi connectivity index (χ1) is 11.4. The van der Waals surface area contributed by atoms with Crippen molar-refractivity contribution in [3.63, 3.8) is 0 Å². The maximum atomic E-state index is 12.2. The van der Waals surface area contributed by atoms with Gasteiger partial charge in [-0.1, -0.05) is 13.3 Å². The Bertz CT molecular complexity index is 402. The number of ether oxygens (including phenoxy) is 3. The zero-order chi connectivity index (χ0) is 17.7. The second-order valence-electron chi connectivity index (χ2n) is 8.23. The van der Waals surface area contributed by atoms with Crippen LogP contribution in [0.5, 0.6) is 0 Å². The molecule has 0 aliphatic heterocycles. The molecular formula is C20H36O4. The average molecular weight is 341 g/mol. The molecule has 3 fully saturated rings. The number of esters is 1. The van der Waals surface area contributed by atoms with Crippen LogP contribution in [0.3, 0.4) is 0 Å². The molecule has 0 amide bonds. The van der Waals surface area contributed by atoms with Crippen LogP contribution in [-0.2, 0) is 19.0 Å². The van der Waals surface area contributed by atoms with E-state index in [1.54, 1.807) is 7.11 Å². The van der Waals surface area contributed by atoms with Gasteiger partial charge in [0.2, 0.25) is 0 Å². The smallest absolute Gasteiger partial charge is 0.311 e. The van der Waals surface area contributed by atoms with Gasteiger partial charge in [0.05, 0.1) is 5.41 Å². The van der Waals surface area contributed by atoms with Crippen LogP contribution in [-0.4, -0.2) is 32.6 Å². The van der Waals surface area contributed by atoms with Crippen molar-refractivity contribution >= 4 is 5.97 Å². The lowest BCUT2D eigenvalue weighted by molar-refractivity contribution is -0.163. The Kier molecular flexibility index (Phi) is 7.11. The van der Waals surface area contributed by atoms with Crippen molar-refractivity contribution in [1.82, 2.24) is 0 Å². The predicted molar refractivity (Wildman–Crippen MR) is 94.5 cm³/mol. The molecule has 0 spiro atoms. The molecule has 5 unspecified atom stereocenters. The molecule has 4 nitrogen and oxygen atoms in total. The number of hydrogen-bond acceptors (Lipinski definition) is 4. The summed E-state index contributed by atoms with van der Waals surface area (Å²) < 4.78 is 15.2. The molecule has 0 saturated heterocycles. The maximum Gasteiger partial charge on any atom is 0.311 e. The summed E-state index contributed by atoms with van der Waals surface area (Å²) in [6.07, 6.45) is 7.82. The molecule has 24 heavy (non-hydrogen) atoms. The van der Waals surface area contributed by atoms with Crippen LogP contribution in [0.25, 0.3) is 0 Å². The Labute approximate surface area is 147 Å². The van der Waals surface area contributed by atoms with Gasteiger partial charge in [-0.05, 0) is 76.5 Å². The van der Waals surface area contributed by atoms with Gasteiger partial charge >= 0.3 is 5.97 Å². The minimum Gasteiger partial charge on any atom is -0.462 e. The van der Waals surface area contributed by atoms with E-state index in [1.807, 2.05) is 20.8 Å². The largest absolute Gasteiger partial charge is 0.462 e. The normalized spacial score (nSPS) is 33.8. The van der Waals surface area contributed by atoms with Gasteiger partial charge in [-0.3, -0.25) is 4.79 Å². The fourth-order valence-corrected chi connectivity index (χ4v) is 4.75. The van der Waals surface area contributed by atoms with Crippen molar-refractivity contribution in [2.24, 2.45) is 29.1 Å². The van der Waals surface area contributed by atoms with Gasteiger partial charge in [-0.25, -0.2) is 0 Å². The topological polar surface area (TPSA) is 44.8 Å². The summed E-state index contributed by atoms with van der Waals surface area (Å²) in [5.41, 5.74) is -0.309. The van der Waals surface area contributed by atoms with E-state index in [9.17, 15) is 4.79 Å². The van der Waals surface area contributed by atoms with Gasteiger partial charge in [0.15, 0.2) is 0 Å². The molecule has 3 rings (SSSR count). The monoisotopic (exact) mass is 340 g/mol. The summed E-state index contributed by atoms with van der Waals surface area (Å²) in [6, 6.07) is 0. The van der Waals surface area contributed by atoms with Crippen LogP contribution in [0, 0.1) is 29.1 Å². The maximum absolute atomic E-state index is 12.2. The molecular weight excluding hydrogens is 304 g/mol. The quantitative estimate of drug-likeness (QED) is 0.408. The molecule has 2 bridgehead atoms. The van der Waals surface area contributed by atoms with E-state index in [4.69, 9.17) is 9.47 Å². The van der Waals surface area contributed by atoms with Gasteiger partial charge in [-0.2, -0.15) is 0 Å². The first-order valence-corrected chi connectivity index (χ1v) is 9.72. The fraction of sp³-hybridized carbons (Fsp3) is 0.950. The van der Waals surface area contributed by atoms with Crippen molar-refractivity contribution in [3.8, 4) is 0 Å². The third kappa shape index (κ3) is 4.32. The van der Waals surface area contributed by atoms with Gasteiger partial charge in [0.25, 0.3) is 0 Å². The Morgan fingerprint density at radius 1 is 1.08 bits per heavy atom. The third-order valence-corrected chi connectivity index (χ3v) is 6.47.